The molecule has 1 aromatic heterocycles. The molecule has 0 spiro atoms. The van der Waals surface area contributed by atoms with E-state index in [0.29, 0.717) is 6.54 Å². The van der Waals surface area contributed by atoms with Crippen LogP contribution < -0.4 is 5.32 Å². The van der Waals surface area contributed by atoms with Crippen molar-refractivity contribution < 1.29 is 4.79 Å². The Hall–Kier alpha value is -2.88. The molecule has 0 radical (unpaired) electrons. The Morgan fingerprint density at radius 1 is 1.18 bits per heavy atom. The van der Waals surface area contributed by atoms with E-state index in [4.69, 9.17) is 0 Å². The summed E-state index contributed by atoms with van der Waals surface area (Å²) in [5, 5.41) is 2.79. The topological polar surface area (TPSA) is 46.9 Å². The SMILES string of the molecule is C=CC(=O)NCc1cccc(Cn2cnc3ccccc32)c1. The molecule has 2 aromatic carbocycles. The lowest BCUT2D eigenvalue weighted by Crippen LogP contribution is -2.19. The summed E-state index contributed by atoms with van der Waals surface area (Å²) in [6.45, 7) is 4.70. The fourth-order valence-corrected chi connectivity index (χ4v) is 2.43. The quantitative estimate of drug-likeness (QED) is 0.735. The summed E-state index contributed by atoms with van der Waals surface area (Å²) < 4.78 is 2.12. The number of nitrogens with one attached hydrogen (secondary N) is 1. The highest BCUT2D eigenvalue weighted by atomic mass is 16.1. The Bertz CT molecular complexity index is 820. The predicted molar refractivity (Wildman–Crippen MR) is 87.3 cm³/mol. The summed E-state index contributed by atoms with van der Waals surface area (Å²) in [5.74, 6) is -0.161. The van der Waals surface area contributed by atoms with Gasteiger partial charge >= 0.3 is 0 Å². The van der Waals surface area contributed by atoms with Crippen LogP contribution in [0.3, 0.4) is 0 Å². The third-order valence-electron chi connectivity index (χ3n) is 3.52. The van der Waals surface area contributed by atoms with Gasteiger partial charge < -0.3 is 9.88 Å². The van der Waals surface area contributed by atoms with Gasteiger partial charge in [-0.25, -0.2) is 4.98 Å². The maximum atomic E-state index is 11.2. The second-order valence-corrected chi connectivity index (χ2v) is 5.10. The van der Waals surface area contributed by atoms with E-state index in [2.05, 4.69) is 39.6 Å². The van der Waals surface area contributed by atoms with Gasteiger partial charge in [-0.3, -0.25) is 4.79 Å². The van der Waals surface area contributed by atoms with Gasteiger partial charge in [0.25, 0.3) is 0 Å². The number of hydrogen-bond acceptors (Lipinski definition) is 2. The molecule has 4 nitrogen and oxygen atoms in total. The maximum Gasteiger partial charge on any atom is 0.243 e. The van der Waals surface area contributed by atoms with Gasteiger partial charge in [-0.05, 0) is 29.3 Å². The Kier molecular flexibility index (Phi) is 4.01. The van der Waals surface area contributed by atoms with Gasteiger partial charge in [-0.2, -0.15) is 0 Å². The second kappa shape index (κ2) is 6.26. The Labute approximate surface area is 129 Å². The molecule has 1 heterocycles. The van der Waals surface area contributed by atoms with Crippen LogP contribution in [0.1, 0.15) is 11.1 Å². The first-order chi connectivity index (χ1) is 10.8. The molecule has 0 fully saturated rings. The average Bonchev–Trinajstić information content (AvgIpc) is 2.96. The van der Waals surface area contributed by atoms with Gasteiger partial charge in [0, 0.05) is 13.1 Å². The van der Waals surface area contributed by atoms with Crippen LogP contribution in [0.15, 0.2) is 67.5 Å². The molecule has 0 saturated heterocycles. The number of carbonyl (C=O) groups excluding carboxylic acids is 1. The van der Waals surface area contributed by atoms with E-state index in [1.807, 2.05) is 36.7 Å². The molecular formula is C18H17N3O. The van der Waals surface area contributed by atoms with Crippen LogP contribution in [-0.4, -0.2) is 15.5 Å². The normalized spacial score (nSPS) is 10.5. The van der Waals surface area contributed by atoms with E-state index in [9.17, 15) is 4.79 Å². The minimum Gasteiger partial charge on any atom is -0.348 e. The van der Waals surface area contributed by atoms with Crippen molar-refractivity contribution in [3.63, 3.8) is 0 Å². The van der Waals surface area contributed by atoms with E-state index < -0.39 is 0 Å². The van der Waals surface area contributed by atoms with Crippen molar-refractivity contribution in [1.82, 2.24) is 14.9 Å². The number of rotatable bonds is 5. The second-order valence-electron chi connectivity index (χ2n) is 5.10. The largest absolute Gasteiger partial charge is 0.348 e. The summed E-state index contributed by atoms with van der Waals surface area (Å²) in [5.41, 5.74) is 4.36. The van der Waals surface area contributed by atoms with Gasteiger partial charge in [-0.15, -0.1) is 0 Å². The molecule has 0 aliphatic carbocycles. The molecule has 0 unspecified atom stereocenters. The number of hydrogen-bond donors (Lipinski definition) is 1. The van der Waals surface area contributed by atoms with Crippen molar-refractivity contribution in [3.8, 4) is 0 Å². The van der Waals surface area contributed by atoms with Crippen molar-refractivity contribution >= 4 is 16.9 Å². The van der Waals surface area contributed by atoms with Crippen molar-refractivity contribution in [2.45, 2.75) is 13.1 Å². The van der Waals surface area contributed by atoms with Crippen LogP contribution >= 0.6 is 0 Å². The lowest BCUT2D eigenvalue weighted by atomic mass is 10.1. The van der Waals surface area contributed by atoms with Crippen molar-refractivity contribution in [2.24, 2.45) is 0 Å². The molecule has 0 atom stereocenters. The standard InChI is InChI=1S/C18H17N3O/c1-2-18(22)19-11-14-6-5-7-15(10-14)12-21-13-20-16-8-3-4-9-17(16)21/h2-10,13H,1,11-12H2,(H,19,22). The molecule has 4 heteroatoms. The predicted octanol–water partition coefficient (Wildman–Crippen LogP) is 2.89. The molecule has 1 amide bonds. The number of fused-ring (bicyclic) bond motifs is 1. The number of aromatic nitrogens is 2. The van der Waals surface area contributed by atoms with Gasteiger partial charge in [0.2, 0.25) is 5.91 Å². The first-order valence-electron chi connectivity index (χ1n) is 7.14. The smallest absolute Gasteiger partial charge is 0.243 e. The lowest BCUT2D eigenvalue weighted by Gasteiger charge is -2.08. The molecule has 0 aliphatic heterocycles. The van der Waals surface area contributed by atoms with Crippen LogP contribution in [-0.2, 0) is 17.9 Å². The number of benzene rings is 2. The van der Waals surface area contributed by atoms with Crippen LogP contribution in [0.2, 0.25) is 0 Å². The summed E-state index contributed by atoms with van der Waals surface area (Å²) in [6.07, 6.45) is 3.14. The number of carbonyl (C=O) groups is 1. The molecular weight excluding hydrogens is 274 g/mol. The summed E-state index contributed by atoms with van der Waals surface area (Å²) >= 11 is 0. The molecule has 1 N–H and O–H groups in total. The highest BCUT2D eigenvalue weighted by Gasteiger charge is 2.03. The Morgan fingerprint density at radius 3 is 2.86 bits per heavy atom. The maximum absolute atomic E-state index is 11.2. The van der Waals surface area contributed by atoms with Crippen molar-refractivity contribution in [1.29, 1.82) is 0 Å². The minimum absolute atomic E-state index is 0.161. The van der Waals surface area contributed by atoms with E-state index in [1.165, 1.54) is 11.6 Å². The number of amides is 1. The highest BCUT2D eigenvalue weighted by Crippen LogP contribution is 2.14. The first kappa shape index (κ1) is 14.1. The fraction of sp³-hybridized carbons (Fsp3) is 0.111. The molecule has 22 heavy (non-hydrogen) atoms. The van der Waals surface area contributed by atoms with Crippen molar-refractivity contribution in [2.75, 3.05) is 0 Å². The van der Waals surface area contributed by atoms with E-state index in [-0.39, 0.29) is 5.91 Å². The van der Waals surface area contributed by atoms with E-state index >= 15 is 0 Å². The zero-order valence-corrected chi connectivity index (χ0v) is 12.2. The minimum atomic E-state index is -0.161. The van der Waals surface area contributed by atoms with Gasteiger partial charge in [0.15, 0.2) is 0 Å². The third-order valence-corrected chi connectivity index (χ3v) is 3.52. The molecule has 110 valence electrons. The molecule has 0 saturated carbocycles. The molecule has 0 bridgehead atoms. The monoisotopic (exact) mass is 291 g/mol. The van der Waals surface area contributed by atoms with Crippen LogP contribution in [0.4, 0.5) is 0 Å². The molecule has 3 rings (SSSR count). The zero-order valence-electron chi connectivity index (χ0n) is 12.2. The summed E-state index contributed by atoms with van der Waals surface area (Å²) in [7, 11) is 0. The number of para-hydroxylation sites is 2. The lowest BCUT2D eigenvalue weighted by molar-refractivity contribution is -0.116. The third kappa shape index (κ3) is 3.06. The van der Waals surface area contributed by atoms with E-state index in [1.54, 1.807) is 0 Å². The number of nitrogens with zero attached hydrogens (tertiary/aromatic N) is 2. The van der Waals surface area contributed by atoms with Crippen LogP contribution in [0.25, 0.3) is 11.0 Å². The first-order valence-corrected chi connectivity index (χ1v) is 7.14. The van der Waals surface area contributed by atoms with Crippen LogP contribution in [0, 0.1) is 0 Å². The molecule has 3 aromatic rings. The summed E-state index contributed by atoms with van der Waals surface area (Å²) in [4.78, 5) is 15.6. The van der Waals surface area contributed by atoms with Gasteiger partial charge in [0.1, 0.15) is 0 Å². The van der Waals surface area contributed by atoms with Crippen LogP contribution in [0.5, 0.6) is 0 Å². The van der Waals surface area contributed by atoms with Gasteiger partial charge in [-0.1, -0.05) is 43.0 Å². The van der Waals surface area contributed by atoms with Gasteiger partial charge in [0.05, 0.1) is 17.4 Å². The number of imidazole rings is 1. The van der Waals surface area contributed by atoms with E-state index in [0.717, 1.165) is 23.1 Å². The highest BCUT2D eigenvalue weighted by molar-refractivity contribution is 5.86. The Morgan fingerprint density at radius 2 is 2.00 bits per heavy atom. The zero-order chi connectivity index (χ0) is 15.4. The molecule has 0 aliphatic rings. The average molecular weight is 291 g/mol. The summed E-state index contributed by atoms with van der Waals surface area (Å²) in [6, 6.07) is 16.3. The Balaban J connectivity index is 1.78. The van der Waals surface area contributed by atoms with Crippen molar-refractivity contribution in [3.05, 3.63) is 78.6 Å². The fourth-order valence-electron chi connectivity index (χ4n) is 2.43.